The second-order valence-electron chi connectivity index (χ2n) is 3.90. The van der Waals surface area contributed by atoms with Crippen LogP contribution in [0, 0.1) is 3.57 Å². The van der Waals surface area contributed by atoms with Gasteiger partial charge in [-0.05, 0) is 40.3 Å². The molecular weight excluding hydrogens is 343 g/mol. The molecule has 0 atom stereocenters. The molecule has 0 radical (unpaired) electrons. The summed E-state index contributed by atoms with van der Waals surface area (Å²) in [5.41, 5.74) is 1.23. The maximum atomic E-state index is 11.4. The third-order valence-corrected chi connectivity index (χ3v) is 3.12. The van der Waals surface area contributed by atoms with E-state index in [1.807, 2.05) is 0 Å². The lowest BCUT2D eigenvalue weighted by Crippen LogP contribution is -2.29. The summed E-state index contributed by atoms with van der Waals surface area (Å²) in [5, 5.41) is 6.03. The van der Waals surface area contributed by atoms with Gasteiger partial charge in [-0.15, -0.1) is 0 Å². The monoisotopic (exact) mass is 362 g/mol. The molecule has 4 nitrogen and oxygen atoms in total. The molecule has 1 rings (SSSR count). The number of hydrogen-bond donors (Lipinski definition) is 2. The molecule has 0 aliphatic heterocycles. The van der Waals surface area contributed by atoms with E-state index >= 15 is 0 Å². The van der Waals surface area contributed by atoms with Crippen molar-refractivity contribution in [2.45, 2.75) is 13.0 Å². The van der Waals surface area contributed by atoms with Crippen molar-refractivity contribution in [2.75, 3.05) is 26.8 Å². The quantitative estimate of drug-likeness (QED) is 0.545. The lowest BCUT2D eigenvalue weighted by molar-refractivity contribution is -0.121. The Kier molecular flexibility index (Phi) is 7.95. The molecule has 0 heterocycles. The predicted molar refractivity (Wildman–Crippen MR) is 80.4 cm³/mol. The molecule has 0 aliphatic rings. The Hall–Kier alpha value is -0.660. The third kappa shape index (κ3) is 6.93. The van der Waals surface area contributed by atoms with Crippen molar-refractivity contribution in [1.29, 1.82) is 0 Å². The fourth-order valence-electron chi connectivity index (χ4n) is 1.42. The van der Waals surface area contributed by atoms with E-state index in [2.05, 4.69) is 57.5 Å². The number of halogens is 1. The van der Waals surface area contributed by atoms with Gasteiger partial charge in [0.05, 0.1) is 6.61 Å². The number of carbonyl (C=O) groups excluding carboxylic acids is 1. The van der Waals surface area contributed by atoms with E-state index in [0.717, 1.165) is 6.54 Å². The fraction of sp³-hybridized carbons (Fsp3) is 0.462. The standard InChI is InChI=1S/C13H19IN2O2/c1-18-9-8-16-13(17)6-7-15-10-11-2-4-12(14)5-3-11/h2-5,15H,6-10H2,1H3,(H,16,17). The van der Waals surface area contributed by atoms with Crippen LogP contribution in [0.25, 0.3) is 0 Å². The Bertz CT molecular complexity index is 355. The summed E-state index contributed by atoms with van der Waals surface area (Å²) < 4.78 is 6.08. The largest absolute Gasteiger partial charge is 0.383 e. The van der Waals surface area contributed by atoms with Gasteiger partial charge < -0.3 is 15.4 Å². The first kappa shape index (κ1) is 15.4. The van der Waals surface area contributed by atoms with E-state index in [9.17, 15) is 4.79 Å². The highest BCUT2D eigenvalue weighted by Gasteiger charge is 1.99. The van der Waals surface area contributed by atoms with Crippen molar-refractivity contribution in [3.05, 3.63) is 33.4 Å². The molecule has 0 aliphatic carbocycles. The molecule has 1 aromatic rings. The summed E-state index contributed by atoms with van der Waals surface area (Å²) in [6, 6.07) is 8.34. The number of nitrogens with one attached hydrogen (secondary N) is 2. The second kappa shape index (κ2) is 9.29. The van der Waals surface area contributed by atoms with Gasteiger partial charge in [-0.3, -0.25) is 4.79 Å². The normalized spacial score (nSPS) is 10.3. The van der Waals surface area contributed by atoms with Gasteiger partial charge in [0.2, 0.25) is 5.91 Å². The lowest BCUT2D eigenvalue weighted by Gasteiger charge is -2.06. The molecule has 0 spiro atoms. The minimum atomic E-state index is 0.0576. The molecule has 2 N–H and O–H groups in total. The van der Waals surface area contributed by atoms with Crippen molar-refractivity contribution < 1.29 is 9.53 Å². The van der Waals surface area contributed by atoms with Gasteiger partial charge in [0.15, 0.2) is 0 Å². The topological polar surface area (TPSA) is 50.4 Å². The van der Waals surface area contributed by atoms with Crippen LogP contribution in [0.3, 0.4) is 0 Å². The van der Waals surface area contributed by atoms with E-state index in [1.54, 1.807) is 7.11 Å². The van der Waals surface area contributed by atoms with Crippen molar-refractivity contribution in [3.8, 4) is 0 Å². The first-order chi connectivity index (χ1) is 8.72. The van der Waals surface area contributed by atoms with E-state index in [1.165, 1.54) is 9.13 Å². The summed E-state index contributed by atoms with van der Waals surface area (Å²) in [5.74, 6) is 0.0576. The molecule has 0 fully saturated rings. The van der Waals surface area contributed by atoms with Crippen LogP contribution in [0.1, 0.15) is 12.0 Å². The average Bonchev–Trinajstić information content (AvgIpc) is 2.37. The van der Waals surface area contributed by atoms with Gasteiger partial charge >= 0.3 is 0 Å². The maximum Gasteiger partial charge on any atom is 0.221 e. The summed E-state index contributed by atoms with van der Waals surface area (Å²) in [6.45, 7) is 2.61. The van der Waals surface area contributed by atoms with Crippen molar-refractivity contribution in [1.82, 2.24) is 10.6 Å². The molecule has 0 saturated carbocycles. The Morgan fingerprint density at radius 1 is 1.28 bits per heavy atom. The highest BCUT2D eigenvalue weighted by molar-refractivity contribution is 14.1. The van der Waals surface area contributed by atoms with Crippen LogP contribution >= 0.6 is 22.6 Å². The van der Waals surface area contributed by atoms with E-state index in [0.29, 0.717) is 26.1 Å². The number of benzene rings is 1. The van der Waals surface area contributed by atoms with Crippen molar-refractivity contribution in [2.24, 2.45) is 0 Å². The second-order valence-corrected chi connectivity index (χ2v) is 5.14. The molecule has 0 bridgehead atoms. The highest BCUT2D eigenvalue weighted by atomic mass is 127. The van der Waals surface area contributed by atoms with E-state index in [-0.39, 0.29) is 5.91 Å². The number of carbonyl (C=O) groups is 1. The Morgan fingerprint density at radius 3 is 2.67 bits per heavy atom. The zero-order chi connectivity index (χ0) is 13.2. The zero-order valence-corrected chi connectivity index (χ0v) is 12.7. The molecule has 0 unspecified atom stereocenters. The van der Waals surface area contributed by atoms with Crippen LogP contribution in [0.5, 0.6) is 0 Å². The SMILES string of the molecule is COCCNC(=O)CCNCc1ccc(I)cc1. The van der Waals surface area contributed by atoms with Crippen LogP contribution in [-0.2, 0) is 16.1 Å². The smallest absolute Gasteiger partial charge is 0.221 e. The summed E-state index contributed by atoms with van der Waals surface area (Å²) in [4.78, 5) is 11.4. The molecule has 100 valence electrons. The van der Waals surface area contributed by atoms with Crippen LogP contribution in [0.15, 0.2) is 24.3 Å². The highest BCUT2D eigenvalue weighted by Crippen LogP contribution is 2.06. The number of hydrogen-bond acceptors (Lipinski definition) is 3. The summed E-state index contributed by atoms with van der Waals surface area (Å²) in [6.07, 6.45) is 0.494. The predicted octanol–water partition coefficient (Wildman–Crippen LogP) is 1.53. The number of methoxy groups -OCH3 is 1. The molecular formula is C13H19IN2O2. The van der Waals surface area contributed by atoms with Gasteiger partial charge in [0.1, 0.15) is 0 Å². The lowest BCUT2D eigenvalue weighted by atomic mass is 10.2. The first-order valence-electron chi connectivity index (χ1n) is 5.93. The van der Waals surface area contributed by atoms with E-state index in [4.69, 9.17) is 4.74 Å². The number of ether oxygens (including phenoxy) is 1. The van der Waals surface area contributed by atoms with Gasteiger partial charge in [-0.1, -0.05) is 12.1 Å². The van der Waals surface area contributed by atoms with E-state index < -0.39 is 0 Å². The minimum Gasteiger partial charge on any atom is -0.383 e. The summed E-state index contributed by atoms with van der Waals surface area (Å²) in [7, 11) is 1.62. The maximum absolute atomic E-state index is 11.4. The molecule has 0 saturated heterocycles. The van der Waals surface area contributed by atoms with Gasteiger partial charge in [-0.2, -0.15) is 0 Å². The number of rotatable bonds is 8. The van der Waals surface area contributed by atoms with Crippen LogP contribution < -0.4 is 10.6 Å². The van der Waals surface area contributed by atoms with Crippen molar-refractivity contribution in [3.63, 3.8) is 0 Å². The molecule has 0 aromatic heterocycles. The Balaban J connectivity index is 2.07. The average molecular weight is 362 g/mol. The molecule has 18 heavy (non-hydrogen) atoms. The Morgan fingerprint density at radius 2 is 2.00 bits per heavy atom. The van der Waals surface area contributed by atoms with Crippen molar-refractivity contribution >= 4 is 28.5 Å². The van der Waals surface area contributed by atoms with Crippen LogP contribution in [-0.4, -0.2) is 32.7 Å². The zero-order valence-electron chi connectivity index (χ0n) is 10.5. The summed E-state index contributed by atoms with van der Waals surface area (Å²) >= 11 is 2.28. The van der Waals surface area contributed by atoms with Crippen LogP contribution in [0.2, 0.25) is 0 Å². The van der Waals surface area contributed by atoms with Crippen LogP contribution in [0.4, 0.5) is 0 Å². The first-order valence-corrected chi connectivity index (χ1v) is 7.01. The Labute approximate surface area is 122 Å². The van der Waals surface area contributed by atoms with Gasteiger partial charge in [-0.25, -0.2) is 0 Å². The number of amides is 1. The van der Waals surface area contributed by atoms with Gasteiger partial charge in [0.25, 0.3) is 0 Å². The third-order valence-electron chi connectivity index (χ3n) is 2.40. The molecule has 1 amide bonds. The fourth-order valence-corrected chi connectivity index (χ4v) is 1.78. The molecule has 5 heteroatoms. The molecule has 1 aromatic carbocycles. The minimum absolute atomic E-state index is 0.0576. The van der Waals surface area contributed by atoms with Gasteiger partial charge in [0, 0.05) is 36.7 Å².